The normalized spacial score (nSPS) is 13.7. The average Bonchev–Trinajstić information content (AvgIpc) is 2.88. The number of benzene rings is 1. The molecule has 2 heterocycles. The van der Waals surface area contributed by atoms with Crippen LogP contribution in [0.25, 0.3) is 21.6 Å². The monoisotopic (exact) mass is 526 g/mol. The number of halogens is 1. The van der Waals surface area contributed by atoms with Gasteiger partial charge in [-0.1, -0.05) is 6.42 Å². The van der Waals surface area contributed by atoms with E-state index >= 15 is 0 Å². The number of aliphatic carboxylic acids is 1. The third-order valence-electron chi connectivity index (χ3n) is 4.92. The van der Waals surface area contributed by atoms with Gasteiger partial charge in [0.05, 0.1) is 16.1 Å². The van der Waals surface area contributed by atoms with Gasteiger partial charge in [0.2, 0.25) is 0 Å². The Bertz CT molecular complexity index is 1150. The number of nitrogens with zero attached hydrogens (tertiary/aromatic N) is 1. The second-order valence-electron chi connectivity index (χ2n) is 6.83. The molecule has 0 bridgehead atoms. The summed E-state index contributed by atoms with van der Waals surface area (Å²) in [6, 6.07) is 3.49. The number of carboxylic acid groups (broad SMARTS) is 1. The van der Waals surface area contributed by atoms with E-state index in [0.717, 1.165) is 41.5 Å². The molecule has 0 spiro atoms. The van der Waals surface area contributed by atoms with E-state index in [9.17, 15) is 9.59 Å². The fraction of sp³-hybridized carbons (Fsp3) is 0.350. The molecular weight excluding hydrogens is 507 g/mol. The molecule has 0 amide bonds. The van der Waals surface area contributed by atoms with E-state index < -0.39 is 12.6 Å². The minimum Gasteiger partial charge on any atom is -0.493 e. The van der Waals surface area contributed by atoms with Crippen LogP contribution in [0.3, 0.4) is 0 Å². The number of aromatic amines is 1. The van der Waals surface area contributed by atoms with Gasteiger partial charge in [0.1, 0.15) is 10.7 Å². The first kappa shape index (κ1) is 20.1. The highest BCUT2D eigenvalue weighted by molar-refractivity contribution is 14.1. The van der Waals surface area contributed by atoms with Crippen LogP contribution in [0.15, 0.2) is 16.9 Å². The molecule has 0 saturated carbocycles. The zero-order valence-electron chi connectivity index (χ0n) is 15.7. The lowest BCUT2D eigenvalue weighted by molar-refractivity contribution is -0.139. The third-order valence-corrected chi connectivity index (χ3v) is 6.90. The highest BCUT2D eigenvalue weighted by Gasteiger charge is 2.20. The van der Waals surface area contributed by atoms with E-state index in [0.29, 0.717) is 26.5 Å². The first-order valence-electron chi connectivity index (χ1n) is 9.25. The number of rotatable bonds is 5. The van der Waals surface area contributed by atoms with E-state index in [1.807, 2.05) is 0 Å². The average molecular weight is 526 g/mol. The number of fused-ring (bicyclic) bond motifs is 3. The SMILES string of the molecule is COc1cc(-c2nc3sc4c(c3c(=O)[nH]2)CCCCC4)cc(I)c1OCC(=O)O. The summed E-state index contributed by atoms with van der Waals surface area (Å²) >= 11 is 3.66. The Morgan fingerprint density at radius 1 is 1.31 bits per heavy atom. The van der Waals surface area contributed by atoms with Crippen LogP contribution in [0.4, 0.5) is 0 Å². The molecule has 152 valence electrons. The van der Waals surface area contributed by atoms with Crippen molar-refractivity contribution in [3.63, 3.8) is 0 Å². The summed E-state index contributed by atoms with van der Waals surface area (Å²) in [5.41, 5.74) is 1.72. The minimum absolute atomic E-state index is 0.121. The summed E-state index contributed by atoms with van der Waals surface area (Å²) in [7, 11) is 1.48. The van der Waals surface area contributed by atoms with Gasteiger partial charge in [0.15, 0.2) is 18.1 Å². The fourth-order valence-corrected chi connectivity index (χ4v) is 5.63. The second-order valence-corrected chi connectivity index (χ2v) is 9.08. The lowest BCUT2D eigenvalue weighted by atomic mass is 10.1. The highest BCUT2D eigenvalue weighted by Crippen LogP contribution is 2.38. The summed E-state index contributed by atoms with van der Waals surface area (Å²) in [6.07, 6.45) is 5.39. The van der Waals surface area contributed by atoms with Gasteiger partial charge in [-0.05, 0) is 66.0 Å². The smallest absolute Gasteiger partial charge is 0.341 e. The van der Waals surface area contributed by atoms with Crippen LogP contribution < -0.4 is 15.0 Å². The number of methoxy groups -OCH3 is 1. The first-order chi connectivity index (χ1) is 14.0. The van der Waals surface area contributed by atoms with Crippen LogP contribution in [0, 0.1) is 3.57 Å². The summed E-state index contributed by atoms with van der Waals surface area (Å²) < 4.78 is 11.4. The largest absolute Gasteiger partial charge is 0.493 e. The van der Waals surface area contributed by atoms with E-state index in [4.69, 9.17) is 19.6 Å². The van der Waals surface area contributed by atoms with E-state index in [2.05, 4.69) is 27.6 Å². The van der Waals surface area contributed by atoms with Gasteiger partial charge in [0.25, 0.3) is 5.56 Å². The van der Waals surface area contributed by atoms with Crippen LogP contribution in [-0.4, -0.2) is 34.8 Å². The lowest BCUT2D eigenvalue weighted by Crippen LogP contribution is -2.12. The van der Waals surface area contributed by atoms with Crippen molar-refractivity contribution in [2.75, 3.05) is 13.7 Å². The van der Waals surface area contributed by atoms with Crippen molar-refractivity contribution < 1.29 is 19.4 Å². The van der Waals surface area contributed by atoms with Crippen molar-refractivity contribution in [3.8, 4) is 22.9 Å². The third kappa shape index (κ3) is 3.97. The number of ether oxygens (including phenoxy) is 2. The molecule has 0 radical (unpaired) electrons. The van der Waals surface area contributed by atoms with Crippen LogP contribution in [0.5, 0.6) is 11.5 Å². The number of H-pyrrole nitrogens is 1. The number of hydrogen-bond donors (Lipinski definition) is 2. The summed E-state index contributed by atoms with van der Waals surface area (Å²) in [6.45, 7) is -0.465. The van der Waals surface area contributed by atoms with E-state index in [1.165, 1.54) is 18.4 Å². The van der Waals surface area contributed by atoms with E-state index in [-0.39, 0.29) is 5.56 Å². The molecule has 1 aliphatic carbocycles. The van der Waals surface area contributed by atoms with Gasteiger partial charge in [-0.3, -0.25) is 4.79 Å². The Balaban J connectivity index is 1.79. The van der Waals surface area contributed by atoms with Gasteiger partial charge < -0.3 is 19.6 Å². The maximum Gasteiger partial charge on any atom is 0.341 e. The van der Waals surface area contributed by atoms with E-state index in [1.54, 1.807) is 23.5 Å². The highest BCUT2D eigenvalue weighted by atomic mass is 127. The van der Waals surface area contributed by atoms with Crippen LogP contribution in [0.2, 0.25) is 0 Å². The summed E-state index contributed by atoms with van der Waals surface area (Å²) in [5, 5.41) is 9.58. The maximum absolute atomic E-state index is 12.9. The zero-order chi connectivity index (χ0) is 20.5. The molecule has 3 aromatic rings. The summed E-state index contributed by atoms with van der Waals surface area (Å²) in [5.74, 6) is 0.129. The van der Waals surface area contributed by atoms with Gasteiger partial charge in [0, 0.05) is 10.4 Å². The van der Waals surface area contributed by atoms with Crippen molar-refractivity contribution in [3.05, 3.63) is 36.5 Å². The number of carbonyl (C=O) groups is 1. The van der Waals surface area contributed by atoms with Gasteiger partial charge >= 0.3 is 5.97 Å². The summed E-state index contributed by atoms with van der Waals surface area (Å²) in [4.78, 5) is 33.4. The van der Waals surface area contributed by atoms with Crippen LogP contribution in [-0.2, 0) is 17.6 Å². The van der Waals surface area contributed by atoms with Crippen LogP contribution >= 0.6 is 33.9 Å². The standard InChI is InChI=1S/C20H19IN2O5S/c1-27-13-8-10(7-12(21)17(13)28-9-15(24)25)18-22-19(26)16-11-5-3-2-4-6-14(11)29-20(16)23-18/h7-8H,2-6,9H2,1H3,(H,24,25)(H,22,23,26). The van der Waals surface area contributed by atoms with Gasteiger partial charge in [-0.25, -0.2) is 9.78 Å². The fourth-order valence-electron chi connectivity index (χ4n) is 3.61. The molecule has 0 aliphatic heterocycles. The number of carboxylic acids is 1. The lowest BCUT2D eigenvalue weighted by Gasteiger charge is -2.13. The molecule has 2 N–H and O–H groups in total. The molecule has 4 rings (SSSR count). The molecule has 0 atom stereocenters. The number of nitrogens with one attached hydrogen (secondary N) is 1. The molecule has 0 fully saturated rings. The Hall–Kier alpha value is -2.14. The molecule has 1 aliphatic rings. The number of aryl methyl sites for hydroxylation is 2. The molecule has 9 heteroatoms. The molecular formula is C20H19IN2O5S. The predicted octanol–water partition coefficient (Wildman–Crippen LogP) is 4.00. The minimum atomic E-state index is -1.07. The Morgan fingerprint density at radius 2 is 2.10 bits per heavy atom. The van der Waals surface area contributed by atoms with Crippen molar-refractivity contribution in [2.24, 2.45) is 0 Å². The topological polar surface area (TPSA) is 102 Å². The molecule has 7 nitrogen and oxygen atoms in total. The Kier molecular flexibility index (Phi) is 5.77. The van der Waals surface area contributed by atoms with Crippen LogP contribution in [0.1, 0.15) is 29.7 Å². The van der Waals surface area contributed by atoms with Crippen molar-refractivity contribution >= 4 is 50.1 Å². The molecule has 1 aromatic carbocycles. The van der Waals surface area contributed by atoms with Crippen molar-refractivity contribution in [1.29, 1.82) is 0 Å². The van der Waals surface area contributed by atoms with Gasteiger partial charge in [-0.2, -0.15) is 0 Å². The molecule has 29 heavy (non-hydrogen) atoms. The molecule has 0 saturated heterocycles. The first-order valence-corrected chi connectivity index (χ1v) is 11.1. The predicted molar refractivity (Wildman–Crippen MR) is 119 cm³/mol. The number of aromatic nitrogens is 2. The van der Waals surface area contributed by atoms with Gasteiger partial charge in [-0.15, -0.1) is 11.3 Å². The van der Waals surface area contributed by atoms with Crippen molar-refractivity contribution in [1.82, 2.24) is 9.97 Å². The van der Waals surface area contributed by atoms with Crippen molar-refractivity contribution in [2.45, 2.75) is 32.1 Å². The Labute approximate surface area is 184 Å². The maximum atomic E-state index is 12.9. The number of thiophene rings is 1. The Morgan fingerprint density at radius 3 is 2.86 bits per heavy atom. The quantitative estimate of drug-likeness (QED) is 0.385. The molecule has 2 aromatic heterocycles. The number of hydrogen-bond acceptors (Lipinski definition) is 6. The zero-order valence-corrected chi connectivity index (χ0v) is 18.7. The molecule has 0 unspecified atom stereocenters. The second kappa shape index (κ2) is 8.31.